The maximum absolute atomic E-state index is 4.30. The van der Waals surface area contributed by atoms with Crippen LogP contribution in [-0.2, 0) is 0 Å². The van der Waals surface area contributed by atoms with Gasteiger partial charge in [0.25, 0.3) is 0 Å². The van der Waals surface area contributed by atoms with E-state index in [1.165, 1.54) is 40.6 Å². The summed E-state index contributed by atoms with van der Waals surface area (Å²) in [4.78, 5) is 3.35. The second-order valence-corrected chi connectivity index (χ2v) is 5.47. The Morgan fingerprint density at radius 3 is 2.85 bits per heavy atom. The molecule has 0 bridgehead atoms. The van der Waals surface area contributed by atoms with Gasteiger partial charge >= 0.3 is 0 Å². The van der Waals surface area contributed by atoms with Gasteiger partial charge in [-0.2, -0.15) is 5.10 Å². The third-order valence-corrected chi connectivity index (χ3v) is 4.31. The molecule has 1 fully saturated rings. The SMILES string of the molecule is c1ccc2c(-c3[nH]ncc3C3CCNCC3)c[nH]c2c1. The van der Waals surface area contributed by atoms with Crippen molar-refractivity contribution < 1.29 is 0 Å². The van der Waals surface area contributed by atoms with Crippen LogP contribution in [0.2, 0.25) is 0 Å². The fourth-order valence-electron chi connectivity index (χ4n) is 3.23. The van der Waals surface area contributed by atoms with E-state index in [4.69, 9.17) is 0 Å². The minimum absolute atomic E-state index is 0.610. The van der Waals surface area contributed by atoms with Crippen LogP contribution in [0.4, 0.5) is 0 Å². The molecule has 4 rings (SSSR count). The average molecular weight is 266 g/mol. The summed E-state index contributed by atoms with van der Waals surface area (Å²) in [6.07, 6.45) is 6.47. The second kappa shape index (κ2) is 4.80. The molecule has 0 spiro atoms. The number of piperidine rings is 1. The van der Waals surface area contributed by atoms with Crippen molar-refractivity contribution in [2.75, 3.05) is 13.1 Å². The van der Waals surface area contributed by atoms with E-state index in [1.54, 1.807) is 0 Å². The highest BCUT2D eigenvalue weighted by atomic mass is 15.1. The van der Waals surface area contributed by atoms with Crippen molar-refractivity contribution in [3.8, 4) is 11.3 Å². The molecule has 1 aromatic carbocycles. The van der Waals surface area contributed by atoms with E-state index >= 15 is 0 Å². The molecular weight excluding hydrogens is 248 g/mol. The lowest BCUT2D eigenvalue weighted by Gasteiger charge is -2.22. The van der Waals surface area contributed by atoms with Crippen molar-refractivity contribution in [2.45, 2.75) is 18.8 Å². The molecule has 3 aromatic rings. The summed E-state index contributed by atoms with van der Waals surface area (Å²) in [6.45, 7) is 2.20. The summed E-state index contributed by atoms with van der Waals surface area (Å²) >= 11 is 0. The van der Waals surface area contributed by atoms with Crippen LogP contribution in [0.1, 0.15) is 24.3 Å². The van der Waals surface area contributed by atoms with Gasteiger partial charge in [0.05, 0.1) is 11.9 Å². The predicted octanol–water partition coefficient (Wildman–Crippen LogP) is 3.03. The normalized spacial score (nSPS) is 16.8. The molecule has 3 heterocycles. The largest absolute Gasteiger partial charge is 0.360 e. The van der Waals surface area contributed by atoms with Crippen molar-refractivity contribution in [1.82, 2.24) is 20.5 Å². The fourth-order valence-corrected chi connectivity index (χ4v) is 3.23. The minimum Gasteiger partial charge on any atom is -0.360 e. The molecule has 4 nitrogen and oxygen atoms in total. The highest BCUT2D eigenvalue weighted by molar-refractivity contribution is 5.95. The van der Waals surface area contributed by atoms with Gasteiger partial charge in [-0.1, -0.05) is 18.2 Å². The molecule has 0 aliphatic carbocycles. The highest BCUT2D eigenvalue weighted by Crippen LogP contribution is 2.35. The van der Waals surface area contributed by atoms with Crippen LogP contribution >= 0.6 is 0 Å². The summed E-state index contributed by atoms with van der Waals surface area (Å²) in [5.41, 5.74) is 4.94. The smallest absolute Gasteiger partial charge is 0.0706 e. The van der Waals surface area contributed by atoms with Crippen molar-refractivity contribution in [1.29, 1.82) is 0 Å². The molecule has 1 saturated heterocycles. The molecular formula is C16H18N4. The molecule has 0 unspecified atom stereocenters. The Balaban J connectivity index is 1.81. The topological polar surface area (TPSA) is 56.5 Å². The molecule has 0 saturated carbocycles. The van der Waals surface area contributed by atoms with Gasteiger partial charge in [0.1, 0.15) is 0 Å². The van der Waals surface area contributed by atoms with Gasteiger partial charge in [0, 0.05) is 28.2 Å². The quantitative estimate of drug-likeness (QED) is 0.668. The zero-order valence-electron chi connectivity index (χ0n) is 11.3. The number of aromatic amines is 2. The van der Waals surface area contributed by atoms with Gasteiger partial charge in [0.2, 0.25) is 0 Å². The van der Waals surface area contributed by atoms with E-state index < -0.39 is 0 Å². The van der Waals surface area contributed by atoms with E-state index in [2.05, 4.69) is 51.0 Å². The molecule has 1 aliphatic rings. The molecule has 4 heteroatoms. The molecule has 20 heavy (non-hydrogen) atoms. The Bertz CT molecular complexity index is 719. The van der Waals surface area contributed by atoms with E-state index in [0.29, 0.717) is 5.92 Å². The van der Waals surface area contributed by atoms with E-state index in [-0.39, 0.29) is 0 Å². The number of benzene rings is 1. The number of hydrogen-bond acceptors (Lipinski definition) is 2. The Labute approximate surface area is 117 Å². The lowest BCUT2D eigenvalue weighted by molar-refractivity contribution is 0.461. The number of H-pyrrole nitrogens is 2. The Morgan fingerprint density at radius 1 is 1.10 bits per heavy atom. The van der Waals surface area contributed by atoms with Gasteiger partial charge < -0.3 is 10.3 Å². The van der Waals surface area contributed by atoms with E-state index in [1.807, 2.05) is 6.20 Å². The van der Waals surface area contributed by atoms with E-state index in [0.717, 1.165) is 13.1 Å². The van der Waals surface area contributed by atoms with Crippen LogP contribution in [0, 0.1) is 0 Å². The molecule has 102 valence electrons. The van der Waals surface area contributed by atoms with E-state index in [9.17, 15) is 0 Å². The summed E-state index contributed by atoms with van der Waals surface area (Å²) in [6, 6.07) is 8.41. The number of hydrogen-bond donors (Lipinski definition) is 3. The van der Waals surface area contributed by atoms with Crippen LogP contribution in [0.3, 0.4) is 0 Å². The average Bonchev–Trinajstić information content (AvgIpc) is 3.14. The number of nitrogens with zero attached hydrogens (tertiary/aromatic N) is 1. The summed E-state index contributed by atoms with van der Waals surface area (Å²) in [7, 11) is 0. The van der Waals surface area contributed by atoms with Crippen LogP contribution in [0.15, 0.2) is 36.7 Å². The van der Waals surface area contributed by atoms with Gasteiger partial charge in [-0.3, -0.25) is 5.10 Å². The molecule has 0 atom stereocenters. The molecule has 0 amide bonds. The van der Waals surface area contributed by atoms with Crippen molar-refractivity contribution in [2.24, 2.45) is 0 Å². The summed E-state index contributed by atoms with van der Waals surface area (Å²) in [5.74, 6) is 0.610. The Kier molecular flexibility index (Phi) is 2.81. The van der Waals surface area contributed by atoms with Crippen LogP contribution < -0.4 is 5.32 Å². The highest BCUT2D eigenvalue weighted by Gasteiger charge is 2.21. The molecule has 1 aliphatic heterocycles. The van der Waals surface area contributed by atoms with Crippen LogP contribution in [0.5, 0.6) is 0 Å². The lowest BCUT2D eigenvalue weighted by Crippen LogP contribution is -2.26. The van der Waals surface area contributed by atoms with Gasteiger partial charge in [-0.05, 0) is 37.9 Å². The second-order valence-electron chi connectivity index (χ2n) is 5.47. The lowest BCUT2D eigenvalue weighted by atomic mass is 9.89. The standard InChI is InChI=1S/C16H18N4/c1-2-4-15-12(3-1)14(9-18-15)16-13(10-19-20-16)11-5-7-17-8-6-11/h1-4,9-11,17-18H,5-8H2,(H,19,20). The Morgan fingerprint density at radius 2 is 1.95 bits per heavy atom. The summed E-state index contributed by atoms with van der Waals surface area (Å²) in [5, 5.41) is 12.2. The third-order valence-electron chi connectivity index (χ3n) is 4.31. The zero-order chi connectivity index (χ0) is 13.4. The van der Waals surface area contributed by atoms with Crippen molar-refractivity contribution in [3.63, 3.8) is 0 Å². The number of para-hydroxylation sites is 1. The number of fused-ring (bicyclic) bond motifs is 1. The zero-order valence-corrected chi connectivity index (χ0v) is 11.3. The first-order chi connectivity index (χ1) is 9.93. The van der Waals surface area contributed by atoms with Crippen LogP contribution in [0.25, 0.3) is 22.2 Å². The maximum atomic E-state index is 4.30. The first-order valence-corrected chi connectivity index (χ1v) is 7.24. The third kappa shape index (κ3) is 1.84. The van der Waals surface area contributed by atoms with Crippen molar-refractivity contribution >= 4 is 10.9 Å². The number of rotatable bonds is 2. The number of nitrogens with one attached hydrogen (secondary N) is 3. The fraction of sp³-hybridized carbons (Fsp3) is 0.312. The first-order valence-electron chi connectivity index (χ1n) is 7.24. The number of aromatic nitrogens is 3. The van der Waals surface area contributed by atoms with Gasteiger partial charge in [0.15, 0.2) is 0 Å². The Hall–Kier alpha value is -2.07. The van der Waals surface area contributed by atoms with Gasteiger partial charge in [-0.25, -0.2) is 0 Å². The summed E-state index contributed by atoms with van der Waals surface area (Å²) < 4.78 is 0. The molecule has 0 radical (unpaired) electrons. The first kappa shape index (κ1) is 11.7. The van der Waals surface area contributed by atoms with Crippen molar-refractivity contribution in [3.05, 3.63) is 42.2 Å². The monoisotopic (exact) mass is 266 g/mol. The maximum Gasteiger partial charge on any atom is 0.0706 e. The molecule has 3 N–H and O–H groups in total. The minimum atomic E-state index is 0.610. The van der Waals surface area contributed by atoms with Crippen LogP contribution in [-0.4, -0.2) is 28.3 Å². The predicted molar refractivity (Wildman–Crippen MR) is 80.7 cm³/mol. The molecule has 2 aromatic heterocycles. The van der Waals surface area contributed by atoms with Gasteiger partial charge in [-0.15, -0.1) is 0 Å².